The second-order valence-electron chi connectivity index (χ2n) is 5.60. The topological polar surface area (TPSA) is 37.8 Å². The van der Waals surface area contributed by atoms with Gasteiger partial charge < -0.3 is 5.32 Å². The van der Waals surface area contributed by atoms with E-state index in [1.807, 2.05) is 6.07 Å². The van der Waals surface area contributed by atoms with Gasteiger partial charge in [0.15, 0.2) is 0 Å². The molecule has 3 rings (SSSR count). The Balaban J connectivity index is 2.17. The Kier molecular flexibility index (Phi) is 3.97. The molecule has 1 atom stereocenters. The highest BCUT2D eigenvalue weighted by Gasteiger charge is 2.20. The predicted octanol–water partition coefficient (Wildman–Crippen LogP) is 3.44. The predicted molar refractivity (Wildman–Crippen MR) is 81.5 cm³/mol. The summed E-state index contributed by atoms with van der Waals surface area (Å²) in [6, 6.07) is 6.67. The Bertz CT molecular complexity index is 654. The van der Waals surface area contributed by atoms with E-state index in [4.69, 9.17) is 9.97 Å². The molecule has 0 bridgehead atoms. The van der Waals surface area contributed by atoms with Gasteiger partial charge in [-0.2, -0.15) is 0 Å². The lowest BCUT2D eigenvalue weighted by molar-refractivity contribution is 0.605. The van der Waals surface area contributed by atoms with E-state index in [0.29, 0.717) is 5.92 Å². The van der Waals surface area contributed by atoms with E-state index in [-0.39, 0.29) is 5.82 Å². The molecule has 0 aliphatic carbocycles. The van der Waals surface area contributed by atoms with Crippen molar-refractivity contribution in [2.24, 2.45) is 0 Å². The first-order chi connectivity index (χ1) is 10.2. The van der Waals surface area contributed by atoms with Crippen LogP contribution in [-0.4, -0.2) is 16.5 Å². The Labute approximate surface area is 124 Å². The molecule has 1 N–H and O–H groups in total. The number of hydrogen-bond acceptors (Lipinski definition) is 3. The maximum absolute atomic E-state index is 13.6. The summed E-state index contributed by atoms with van der Waals surface area (Å²) >= 11 is 0. The van der Waals surface area contributed by atoms with Gasteiger partial charge in [-0.05, 0) is 18.6 Å². The molecule has 110 valence electrons. The van der Waals surface area contributed by atoms with Crippen LogP contribution in [0, 0.1) is 5.82 Å². The van der Waals surface area contributed by atoms with Gasteiger partial charge in [-0.25, -0.2) is 14.4 Å². The molecular weight excluding hydrogens is 265 g/mol. The molecule has 1 aliphatic heterocycles. The summed E-state index contributed by atoms with van der Waals surface area (Å²) < 4.78 is 13.6. The molecule has 2 heterocycles. The zero-order valence-corrected chi connectivity index (χ0v) is 12.5. The van der Waals surface area contributed by atoms with E-state index in [1.165, 1.54) is 6.07 Å². The third-order valence-electron chi connectivity index (χ3n) is 4.10. The molecule has 1 aromatic heterocycles. The van der Waals surface area contributed by atoms with E-state index in [9.17, 15) is 4.39 Å². The average molecular weight is 285 g/mol. The quantitative estimate of drug-likeness (QED) is 0.938. The fraction of sp³-hybridized carbons (Fsp3) is 0.412. The SMILES string of the molecule is CCC(C)c1nc2c(c(-c3cccc(F)c3)n1)CNCC2. The van der Waals surface area contributed by atoms with Crippen molar-refractivity contribution >= 4 is 0 Å². The Morgan fingerprint density at radius 2 is 2.19 bits per heavy atom. The highest BCUT2D eigenvalue weighted by atomic mass is 19.1. The fourth-order valence-corrected chi connectivity index (χ4v) is 2.64. The molecule has 0 saturated carbocycles. The standard InChI is InChI=1S/C17H20FN3/c1-3-11(2)17-20-15-7-8-19-10-14(15)16(21-17)12-5-4-6-13(18)9-12/h4-6,9,11,19H,3,7-8,10H2,1-2H3. The normalized spacial score (nSPS) is 15.6. The summed E-state index contributed by atoms with van der Waals surface area (Å²) in [5.74, 6) is 0.962. The molecule has 2 aromatic rings. The number of benzene rings is 1. The molecule has 0 fully saturated rings. The smallest absolute Gasteiger partial charge is 0.132 e. The Morgan fingerprint density at radius 1 is 1.33 bits per heavy atom. The minimum Gasteiger partial charge on any atom is -0.312 e. The van der Waals surface area contributed by atoms with Gasteiger partial charge in [-0.3, -0.25) is 0 Å². The fourth-order valence-electron chi connectivity index (χ4n) is 2.64. The molecule has 0 radical (unpaired) electrons. The molecule has 0 amide bonds. The molecule has 0 saturated heterocycles. The summed E-state index contributed by atoms with van der Waals surface area (Å²) in [6.45, 7) is 5.96. The molecule has 0 spiro atoms. The van der Waals surface area contributed by atoms with Gasteiger partial charge in [0.1, 0.15) is 11.6 Å². The van der Waals surface area contributed by atoms with E-state index in [1.54, 1.807) is 12.1 Å². The van der Waals surface area contributed by atoms with Gasteiger partial charge >= 0.3 is 0 Å². The van der Waals surface area contributed by atoms with Crippen molar-refractivity contribution < 1.29 is 4.39 Å². The van der Waals surface area contributed by atoms with Crippen LogP contribution < -0.4 is 5.32 Å². The lowest BCUT2D eigenvalue weighted by atomic mass is 9.98. The first kappa shape index (κ1) is 14.1. The molecular formula is C17H20FN3. The van der Waals surface area contributed by atoms with Crippen molar-refractivity contribution in [3.05, 3.63) is 47.2 Å². The lowest BCUT2D eigenvalue weighted by Crippen LogP contribution is -2.26. The maximum atomic E-state index is 13.6. The maximum Gasteiger partial charge on any atom is 0.132 e. The van der Waals surface area contributed by atoms with E-state index in [0.717, 1.165) is 54.3 Å². The van der Waals surface area contributed by atoms with Gasteiger partial charge in [-0.1, -0.05) is 26.0 Å². The minimum atomic E-state index is -0.228. The summed E-state index contributed by atoms with van der Waals surface area (Å²) in [5, 5.41) is 3.35. The van der Waals surface area contributed by atoms with E-state index in [2.05, 4.69) is 19.2 Å². The van der Waals surface area contributed by atoms with Crippen molar-refractivity contribution in [1.29, 1.82) is 0 Å². The number of aromatic nitrogens is 2. The van der Waals surface area contributed by atoms with Crippen LogP contribution in [0.2, 0.25) is 0 Å². The summed E-state index contributed by atoms with van der Waals surface area (Å²) in [4.78, 5) is 9.50. The lowest BCUT2D eigenvalue weighted by Gasteiger charge is -2.21. The van der Waals surface area contributed by atoms with Crippen molar-refractivity contribution in [2.45, 2.75) is 39.2 Å². The van der Waals surface area contributed by atoms with Crippen LogP contribution in [0.25, 0.3) is 11.3 Å². The van der Waals surface area contributed by atoms with Crippen molar-refractivity contribution in [3.63, 3.8) is 0 Å². The summed E-state index contributed by atoms with van der Waals surface area (Å²) in [6.07, 6.45) is 1.91. The number of fused-ring (bicyclic) bond motifs is 1. The van der Waals surface area contributed by atoms with Crippen molar-refractivity contribution in [1.82, 2.24) is 15.3 Å². The number of nitrogens with zero attached hydrogens (tertiary/aromatic N) is 2. The van der Waals surface area contributed by atoms with Gasteiger partial charge in [0, 0.05) is 36.6 Å². The largest absolute Gasteiger partial charge is 0.312 e. The van der Waals surface area contributed by atoms with Crippen LogP contribution in [0.4, 0.5) is 4.39 Å². The van der Waals surface area contributed by atoms with Gasteiger partial charge in [0.25, 0.3) is 0 Å². The zero-order chi connectivity index (χ0) is 14.8. The molecule has 1 unspecified atom stereocenters. The van der Waals surface area contributed by atoms with Crippen molar-refractivity contribution in [3.8, 4) is 11.3 Å². The minimum absolute atomic E-state index is 0.228. The van der Waals surface area contributed by atoms with E-state index >= 15 is 0 Å². The Hall–Kier alpha value is -1.81. The molecule has 3 nitrogen and oxygen atoms in total. The van der Waals surface area contributed by atoms with Crippen LogP contribution in [0.5, 0.6) is 0 Å². The van der Waals surface area contributed by atoms with Crippen LogP contribution >= 0.6 is 0 Å². The third-order valence-corrected chi connectivity index (χ3v) is 4.10. The molecule has 1 aromatic carbocycles. The van der Waals surface area contributed by atoms with Gasteiger partial charge in [0.05, 0.1) is 11.4 Å². The number of hydrogen-bond donors (Lipinski definition) is 1. The molecule has 4 heteroatoms. The number of rotatable bonds is 3. The summed E-state index contributed by atoms with van der Waals surface area (Å²) in [5.41, 5.74) is 3.93. The van der Waals surface area contributed by atoms with Crippen LogP contribution in [0.15, 0.2) is 24.3 Å². The zero-order valence-electron chi connectivity index (χ0n) is 12.5. The second kappa shape index (κ2) is 5.90. The van der Waals surface area contributed by atoms with Crippen LogP contribution in [0.1, 0.15) is 43.3 Å². The van der Waals surface area contributed by atoms with Crippen LogP contribution in [-0.2, 0) is 13.0 Å². The number of halogens is 1. The highest BCUT2D eigenvalue weighted by Crippen LogP contribution is 2.28. The Morgan fingerprint density at radius 3 is 2.95 bits per heavy atom. The first-order valence-corrected chi connectivity index (χ1v) is 7.55. The summed E-state index contributed by atoms with van der Waals surface area (Å²) in [7, 11) is 0. The van der Waals surface area contributed by atoms with Gasteiger partial charge in [0.2, 0.25) is 0 Å². The second-order valence-corrected chi connectivity index (χ2v) is 5.60. The number of nitrogens with one attached hydrogen (secondary N) is 1. The third kappa shape index (κ3) is 2.81. The molecule has 21 heavy (non-hydrogen) atoms. The van der Waals surface area contributed by atoms with Crippen molar-refractivity contribution in [2.75, 3.05) is 6.54 Å². The van der Waals surface area contributed by atoms with E-state index < -0.39 is 0 Å². The van der Waals surface area contributed by atoms with Gasteiger partial charge in [-0.15, -0.1) is 0 Å². The monoisotopic (exact) mass is 285 g/mol. The highest BCUT2D eigenvalue weighted by molar-refractivity contribution is 5.64. The first-order valence-electron chi connectivity index (χ1n) is 7.55. The van der Waals surface area contributed by atoms with Crippen LogP contribution in [0.3, 0.4) is 0 Å². The average Bonchev–Trinajstić information content (AvgIpc) is 2.53. The molecule has 1 aliphatic rings.